The zero-order chi connectivity index (χ0) is 10.3. The van der Waals surface area contributed by atoms with Crippen LogP contribution in [0.1, 0.15) is 45.4 Å². The van der Waals surface area contributed by atoms with Gasteiger partial charge in [-0.2, -0.15) is 0 Å². The zero-order valence-corrected chi connectivity index (χ0v) is 9.74. The molecule has 3 atom stereocenters. The van der Waals surface area contributed by atoms with Crippen molar-refractivity contribution in [1.82, 2.24) is 5.32 Å². The number of rotatable bonds is 5. The van der Waals surface area contributed by atoms with Crippen molar-refractivity contribution in [3.8, 4) is 0 Å². The molecule has 86 valence electrons. The van der Waals surface area contributed by atoms with Gasteiger partial charge in [0.2, 0.25) is 0 Å². The maximum Gasteiger partial charge on any atom is 0.0757 e. The maximum absolute atomic E-state index is 5.85. The van der Waals surface area contributed by atoms with E-state index in [2.05, 4.69) is 12.2 Å². The van der Waals surface area contributed by atoms with E-state index < -0.39 is 0 Å². The summed E-state index contributed by atoms with van der Waals surface area (Å²) in [5.41, 5.74) is 0. The summed E-state index contributed by atoms with van der Waals surface area (Å²) >= 11 is 0. The van der Waals surface area contributed by atoms with Gasteiger partial charge in [-0.15, -0.1) is 0 Å². The van der Waals surface area contributed by atoms with Crippen LogP contribution in [0.15, 0.2) is 0 Å². The molecule has 0 aromatic heterocycles. The Morgan fingerprint density at radius 3 is 2.67 bits per heavy atom. The van der Waals surface area contributed by atoms with Crippen LogP contribution in [0.5, 0.6) is 0 Å². The first kappa shape index (κ1) is 10.1. The van der Waals surface area contributed by atoms with Crippen molar-refractivity contribution < 1.29 is 4.74 Å². The van der Waals surface area contributed by atoms with Gasteiger partial charge in [-0.1, -0.05) is 12.8 Å². The average Bonchev–Trinajstić information content (AvgIpc) is 3.10. The Kier molecular flexibility index (Phi) is 2.73. The molecule has 0 amide bonds. The quantitative estimate of drug-likeness (QED) is 0.750. The van der Waals surface area contributed by atoms with Gasteiger partial charge in [0.1, 0.15) is 0 Å². The van der Waals surface area contributed by atoms with Crippen LogP contribution >= 0.6 is 0 Å². The second kappa shape index (κ2) is 4.06. The molecule has 1 aliphatic heterocycles. The molecule has 3 fully saturated rings. The molecule has 0 spiro atoms. The molecule has 1 saturated heterocycles. The van der Waals surface area contributed by atoms with Crippen LogP contribution in [0.2, 0.25) is 0 Å². The van der Waals surface area contributed by atoms with E-state index in [1.54, 1.807) is 0 Å². The predicted octanol–water partition coefficient (Wildman–Crippen LogP) is 2.33. The second-order valence-corrected chi connectivity index (χ2v) is 5.81. The minimum atomic E-state index is 0.548. The first-order chi connectivity index (χ1) is 7.33. The van der Waals surface area contributed by atoms with E-state index in [0.29, 0.717) is 18.2 Å². The summed E-state index contributed by atoms with van der Waals surface area (Å²) in [4.78, 5) is 0. The zero-order valence-electron chi connectivity index (χ0n) is 9.74. The maximum atomic E-state index is 5.85. The molecule has 0 aromatic rings. The molecule has 2 saturated carbocycles. The van der Waals surface area contributed by atoms with Crippen molar-refractivity contribution in [1.29, 1.82) is 0 Å². The largest absolute Gasteiger partial charge is 0.376 e. The molecule has 2 aliphatic carbocycles. The van der Waals surface area contributed by atoms with Crippen molar-refractivity contribution in [3.63, 3.8) is 0 Å². The second-order valence-electron chi connectivity index (χ2n) is 5.81. The standard InChI is InChI=1S/C13H23NO/c1-9(8-10-2-3-10)14-12-6-7-15-13(12)11-4-5-11/h9-14H,2-8H2,1H3. The molecular weight excluding hydrogens is 186 g/mol. The lowest BCUT2D eigenvalue weighted by Gasteiger charge is -2.23. The van der Waals surface area contributed by atoms with Crippen molar-refractivity contribution in [3.05, 3.63) is 0 Å². The van der Waals surface area contributed by atoms with Crippen molar-refractivity contribution in [2.24, 2.45) is 11.8 Å². The molecule has 1 heterocycles. The van der Waals surface area contributed by atoms with Crippen molar-refractivity contribution in [2.75, 3.05) is 6.61 Å². The monoisotopic (exact) mass is 209 g/mol. The van der Waals surface area contributed by atoms with E-state index in [4.69, 9.17) is 4.74 Å². The first-order valence-corrected chi connectivity index (χ1v) is 6.70. The number of hydrogen-bond acceptors (Lipinski definition) is 2. The Morgan fingerprint density at radius 1 is 1.20 bits per heavy atom. The van der Waals surface area contributed by atoms with Crippen LogP contribution in [0.25, 0.3) is 0 Å². The van der Waals surface area contributed by atoms with E-state index in [-0.39, 0.29) is 0 Å². The van der Waals surface area contributed by atoms with E-state index in [0.717, 1.165) is 18.4 Å². The minimum Gasteiger partial charge on any atom is -0.376 e. The highest BCUT2D eigenvalue weighted by Gasteiger charge is 2.41. The van der Waals surface area contributed by atoms with Gasteiger partial charge < -0.3 is 10.1 Å². The first-order valence-electron chi connectivity index (χ1n) is 6.70. The average molecular weight is 209 g/mol. The summed E-state index contributed by atoms with van der Waals surface area (Å²) in [6.45, 7) is 3.33. The van der Waals surface area contributed by atoms with E-state index in [1.807, 2.05) is 0 Å². The van der Waals surface area contributed by atoms with Crippen LogP contribution in [0, 0.1) is 11.8 Å². The smallest absolute Gasteiger partial charge is 0.0757 e. The molecule has 3 unspecified atom stereocenters. The van der Waals surface area contributed by atoms with Crippen LogP contribution in [-0.4, -0.2) is 24.8 Å². The van der Waals surface area contributed by atoms with Crippen LogP contribution in [-0.2, 0) is 4.74 Å². The van der Waals surface area contributed by atoms with Gasteiger partial charge in [0.05, 0.1) is 6.10 Å². The predicted molar refractivity (Wildman–Crippen MR) is 60.8 cm³/mol. The summed E-state index contributed by atoms with van der Waals surface area (Å²) in [5.74, 6) is 1.92. The fourth-order valence-corrected chi connectivity index (χ4v) is 2.97. The topological polar surface area (TPSA) is 21.3 Å². The molecule has 2 nitrogen and oxygen atoms in total. The highest BCUT2D eigenvalue weighted by molar-refractivity contribution is 4.94. The fraction of sp³-hybridized carbons (Fsp3) is 1.00. The Bertz CT molecular complexity index is 223. The molecule has 0 radical (unpaired) electrons. The van der Waals surface area contributed by atoms with E-state index in [9.17, 15) is 0 Å². The summed E-state index contributed by atoms with van der Waals surface area (Å²) in [6.07, 6.45) is 8.91. The van der Waals surface area contributed by atoms with Crippen LogP contribution < -0.4 is 5.32 Å². The van der Waals surface area contributed by atoms with Crippen LogP contribution in [0.4, 0.5) is 0 Å². The lowest BCUT2D eigenvalue weighted by Crippen LogP contribution is -2.42. The summed E-state index contributed by atoms with van der Waals surface area (Å²) < 4.78 is 5.85. The van der Waals surface area contributed by atoms with E-state index >= 15 is 0 Å². The number of nitrogens with one attached hydrogen (secondary N) is 1. The molecule has 15 heavy (non-hydrogen) atoms. The van der Waals surface area contributed by atoms with E-state index in [1.165, 1.54) is 38.5 Å². The number of ether oxygens (including phenoxy) is 1. The molecule has 1 N–H and O–H groups in total. The summed E-state index contributed by atoms with van der Waals surface area (Å²) in [7, 11) is 0. The Balaban J connectivity index is 1.47. The third-order valence-corrected chi connectivity index (χ3v) is 4.10. The third-order valence-electron chi connectivity index (χ3n) is 4.10. The normalized spacial score (nSPS) is 38.2. The summed E-state index contributed by atoms with van der Waals surface area (Å²) in [5, 5.41) is 3.80. The lowest BCUT2D eigenvalue weighted by atomic mass is 10.0. The SMILES string of the molecule is CC(CC1CC1)NC1CCOC1C1CC1. The Hall–Kier alpha value is -0.0800. The molecule has 3 rings (SSSR count). The lowest BCUT2D eigenvalue weighted by molar-refractivity contribution is 0.0789. The number of hydrogen-bond donors (Lipinski definition) is 1. The molecule has 3 aliphatic rings. The highest BCUT2D eigenvalue weighted by atomic mass is 16.5. The van der Waals surface area contributed by atoms with Gasteiger partial charge in [-0.25, -0.2) is 0 Å². The third kappa shape index (κ3) is 2.54. The van der Waals surface area contributed by atoms with Gasteiger partial charge in [0.15, 0.2) is 0 Å². The van der Waals surface area contributed by atoms with Crippen molar-refractivity contribution in [2.45, 2.75) is 63.6 Å². The molecule has 2 heteroatoms. The highest BCUT2D eigenvalue weighted by Crippen LogP contribution is 2.39. The van der Waals surface area contributed by atoms with Crippen LogP contribution in [0.3, 0.4) is 0 Å². The fourth-order valence-electron chi connectivity index (χ4n) is 2.97. The molecule has 0 bridgehead atoms. The van der Waals surface area contributed by atoms with Gasteiger partial charge in [-0.3, -0.25) is 0 Å². The summed E-state index contributed by atoms with van der Waals surface area (Å²) in [6, 6.07) is 1.36. The van der Waals surface area contributed by atoms with Gasteiger partial charge in [0.25, 0.3) is 0 Å². The Labute approximate surface area is 92.8 Å². The van der Waals surface area contributed by atoms with Crippen molar-refractivity contribution >= 4 is 0 Å². The molecular formula is C13H23NO. The van der Waals surface area contributed by atoms with Gasteiger partial charge in [0, 0.05) is 18.7 Å². The minimum absolute atomic E-state index is 0.548. The van der Waals surface area contributed by atoms with Gasteiger partial charge >= 0.3 is 0 Å². The Morgan fingerprint density at radius 2 is 2.00 bits per heavy atom. The van der Waals surface area contributed by atoms with Gasteiger partial charge in [-0.05, 0) is 44.4 Å². The molecule has 0 aromatic carbocycles.